The summed E-state index contributed by atoms with van der Waals surface area (Å²) in [5, 5.41) is 19.9. The Hall–Kier alpha value is -0.780. The molecule has 1 aliphatic rings. The first kappa shape index (κ1) is 14.6. The van der Waals surface area contributed by atoms with E-state index in [0.29, 0.717) is 22.6 Å². The van der Waals surface area contributed by atoms with Crippen LogP contribution in [-0.4, -0.2) is 40.2 Å². The van der Waals surface area contributed by atoms with E-state index in [1.54, 1.807) is 11.8 Å². The first-order chi connectivity index (χ1) is 8.90. The second kappa shape index (κ2) is 5.69. The minimum absolute atomic E-state index is 0.0914. The van der Waals surface area contributed by atoms with Gasteiger partial charge in [-0.05, 0) is 41.4 Å². The van der Waals surface area contributed by atoms with Crippen LogP contribution in [0.5, 0.6) is 5.75 Å². The number of phenols is 1. The van der Waals surface area contributed by atoms with Gasteiger partial charge in [-0.25, -0.2) is 0 Å². The van der Waals surface area contributed by atoms with Crippen molar-refractivity contribution in [2.45, 2.75) is 19.4 Å². The maximum Gasteiger partial charge on any atom is 0.257 e. The Balaban J connectivity index is 2.22. The number of amides is 1. The number of phenolic OH excluding ortho intramolecular Hbond substituents is 1. The lowest BCUT2D eigenvalue weighted by Gasteiger charge is -2.18. The molecule has 0 saturated carbocycles. The molecular weight excluding hydrogens is 334 g/mol. The summed E-state index contributed by atoms with van der Waals surface area (Å²) in [6.07, 6.45) is 0.337. The van der Waals surface area contributed by atoms with E-state index in [0.717, 1.165) is 6.42 Å². The minimum Gasteiger partial charge on any atom is -0.506 e. The van der Waals surface area contributed by atoms with E-state index in [1.807, 2.05) is 0 Å². The number of aliphatic hydroxyl groups is 1. The summed E-state index contributed by atoms with van der Waals surface area (Å²) < 4.78 is 0.398. The van der Waals surface area contributed by atoms with Crippen LogP contribution in [0.25, 0.3) is 0 Å². The molecule has 1 aromatic carbocycles. The summed E-state index contributed by atoms with van der Waals surface area (Å²) in [4.78, 5) is 14.0. The van der Waals surface area contributed by atoms with Crippen molar-refractivity contribution in [3.63, 3.8) is 0 Å². The third-order valence-electron chi connectivity index (χ3n) is 3.45. The SMILES string of the molecule is CC(O)C1CCN(C(=O)c2cc(Cl)cc(Br)c2O)C1. The summed E-state index contributed by atoms with van der Waals surface area (Å²) >= 11 is 9.06. The summed E-state index contributed by atoms with van der Waals surface area (Å²) in [7, 11) is 0. The molecular formula is C13H15BrClNO3. The van der Waals surface area contributed by atoms with Gasteiger partial charge in [0, 0.05) is 24.0 Å². The van der Waals surface area contributed by atoms with Crippen LogP contribution in [0, 0.1) is 5.92 Å². The van der Waals surface area contributed by atoms with Crippen molar-refractivity contribution in [3.05, 3.63) is 27.2 Å². The zero-order chi connectivity index (χ0) is 14.2. The molecule has 1 aliphatic heterocycles. The van der Waals surface area contributed by atoms with Gasteiger partial charge in [0.15, 0.2) is 0 Å². The van der Waals surface area contributed by atoms with Crippen LogP contribution in [0.15, 0.2) is 16.6 Å². The summed E-state index contributed by atoms with van der Waals surface area (Å²) in [5.74, 6) is -0.271. The van der Waals surface area contributed by atoms with Gasteiger partial charge >= 0.3 is 0 Å². The van der Waals surface area contributed by atoms with Crippen molar-refractivity contribution in [1.82, 2.24) is 4.90 Å². The largest absolute Gasteiger partial charge is 0.506 e. The van der Waals surface area contributed by atoms with Crippen LogP contribution >= 0.6 is 27.5 Å². The standard InChI is InChI=1S/C13H15BrClNO3/c1-7(17)8-2-3-16(6-8)13(19)10-4-9(15)5-11(14)12(10)18/h4-5,7-8,17-18H,2-3,6H2,1H3. The number of hydrogen-bond acceptors (Lipinski definition) is 3. The predicted octanol–water partition coefficient (Wildman–Crippen LogP) is 2.65. The molecule has 19 heavy (non-hydrogen) atoms. The second-order valence-corrected chi connectivity index (χ2v) is 6.12. The molecule has 104 valence electrons. The fourth-order valence-electron chi connectivity index (χ4n) is 2.26. The molecule has 6 heteroatoms. The Morgan fingerprint density at radius 2 is 2.26 bits per heavy atom. The fraction of sp³-hybridized carbons (Fsp3) is 0.462. The molecule has 2 unspecified atom stereocenters. The highest BCUT2D eigenvalue weighted by Crippen LogP contribution is 2.33. The molecule has 0 aromatic heterocycles. The molecule has 2 N–H and O–H groups in total. The van der Waals surface area contributed by atoms with E-state index in [4.69, 9.17) is 11.6 Å². The molecule has 1 saturated heterocycles. The Morgan fingerprint density at radius 1 is 1.58 bits per heavy atom. The van der Waals surface area contributed by atoms with E-state index in [2.05, 4.69) is 15.9 Å². The van der Waals surface area contributed by atoms with E-state index in [1.165, 1.54) is 12.1 Å². The van der Waals surface area contributed by atoms with Gasteiger partial charge < -0.3 is 15.1 Å². The molecule has 2 atom stereocenters. The average Bonchev–Trinajstić information content (AvgIpc) is 2.82. The summed E-state index contributed by atoms with van der Waals surface area (Å²) in [6.45, 7) is 2.81. The quantitative estimate of drug-likeness (QED) is 0.864. The van der Waals surface area contributed by atoms with E-state index in [9.17, 15) is 15.0 Å². The number of aromatic hydroxyl groups is 1. The smallest absolute Gasteiger partial charge is 0.257 e. The third kappa shape index (κ3) is 3.04. The zero-order valence-electron chi connectivity index (χ0n) is 10.4. The molecule has 1 amide bonds. The number of carbonyl (C=O) groups is 1. The number of rotatable bonds is 2. The van der Waals surface area contributed by atoms with Crippen molar-refractivity contribution in [2.75, 3.05) is 13.1 Å². The van der Waals surface area contributed by atoms with Gasteiger partial charge in [0.2, 0.25) is 0 Å². The van der Waals surface area contributed by atoms with E-state index < -0.39 is 6.10 Å². The van der Waals surface area contributed by atoms with Crippen LogP contribution in [0.1, 0.15) is 23.7 Å². The van der Waals surface area contributed by atoms with Gasteiger partial charge in [0.25, 0.3) is 5.91 Å². The first-order valence-corrected chi connectivity index (χ1v) is 7.22. The lowest BCUT2D eigenvalue weighted by Crippen LogP contribution is -2.30. The van der Waals surface area contributed by atoms with Crippen molar-refractivity contribution in [1.29, 1.82) is 0 Å². The number of halogens is 2. The average molecular weight is 349 g/mol. The third-order valence-corrected chi connectivity index (χ3v) is 4.28. The molecule has 0 spiro atoms. The number of hydrogen-bond donors (Lipinski definition) is 2. The summed E-state index contributed by atoms with van der Waals surface area (Å²) in [5.41, 5.74) is 0.186. The van der Waals surface area contributed by atoms with Crippen molar-refractivity contribution < 1.29 is 15.0 Å². The van der Waals surface area contributed by atoms with Crippen molar-refractivity contribution >= 4 is 33.4 Å². The van der Waals surface area contributed by atoms with Crippen LogP contribution in [0.4, 0.5) is 0 Å². The molecule has 1 heterocycles. The van der Waals surface area contributed by atoms with E-state index >= 15 is 0 Å². The molecule has 1 aromatic rings. The number of aliphatic hydroxyl groups excluding tert-OH is 1. The van der Waals surface area contributed by atoms with Gasteiger partial charge in [0.05, 0.1) is 16.1 Å². The number of likely N-dealkylation sites (tertiary alicyclic amines) is 1. The molecule has 1 fully saturated rings. The fourth-order valence-corrected chi connectivity index (χ4v) is 3.08. The van der Waals surface area contributed by atoms with Gasteiger partial charge in [-0.1, -0.05) is 11.6 Å². The van der Waals surface area contributed by atoms with Crippen LogP contribution < -0.4 is 0 Å². The minimum atomic E-state index is -0.433. The van der Waals surface area contributed by atoms with Gasteiger partial charge in [-0.15, -0.1) is 0 Å². The van der Waals surface area contributed by atoms with Crippen LogP contribution in [-0.2, 0) is 0 Å². The molecule has 0 bridgehead atoms. The van der Waals surface area contributed by atoms with Crippen LogP contribution in [0.3, 0.4) is 0 Å². The Bertz CT molecular complexity index is 507. The van der Waals surface area contributed by atoms with Crippen molar-refractivity contribution in [3.8, 4) is 5.75 Å². The number of nitrogens with zero attached hydrogens (tertiary/aromatic N) is 1. The van der Waals surface area contributed by atoms with Crippen LogP contribution in [0.2, 0.25) is 5.02 Å². The van der Waals surface area contributed by atoms with Gasteiger partial charge in [-0.3, -0.25) is 4.79 Å². The highest BCUT2D eigenvalue weighted by molar-refractivity contribution is 9.10. The first-order valence-electron chi connectivity index (χ1n) is 6.05. The molecule has 4 nitrogen and oxygen atoms in total. The van der Waals surface area contributed by atoms with Gasteiger partial charge in [0.1, 0.15) is 5.75 Å². The summed E-state index contributed by atoms with van der Waals surface area (Å²) in [6, 6.07) is 3.00. The number of carbonyl (C=O) groups excluding carboxylic acids is 1. The van der Waals surface area contributed by atoms with E-state index in [-0.39, 0.29) is 23.1 Å². The predicted molar refractivity (Wildman–Crippen MR) is 76.5 cm³/mol. The monoisotopic (exact) mass is 347 g/mol. The zero-order valence-corrected chi connectivity index (χ0v) is 12.8. The van der Waals surface area contributed by atoms with Crippen molar-refractivity contribution in [2.24, 2.45) is 5.92 Å². The Labute approximate surface area is 125 Å². The maximum absolute atomic E-state index is 12.3. The number of benzene rings is 1. The molecule has 0 radical (unpaired) electrons. The lowest BCUT2D eigenvalue weighted by atomic mass is 10.0. The Morgan fingerprint density at radius 3 is 2.84 bits per heavy atom. The van der Waals surface area contributed by atoms with Gasteiger partial charge in [-0.2, -0.15) is 0 Å². The normalized spacial score (nSPS) is 20.6. The molecule has 2 rings (SSSR count). The maximum atomic E-state index is 12.3. The molecule has 0 aliphatic carbocycles. The lowest BCUT2D eigenvalue weighted by molar-refractivity contribution is 0.0759. The highest BCUT2D eigenvalue weighted by Gasteiger charge is 2.31. The second-order valence-electron chi connectivity index (χ2n) is 4.82. The topological polar surface area (TPSA) is 60.8 Å². The Kier molecular flexibility index (Phi) is 4.38. The highest BCUT2D eigenvalue weighted by atomic mass is 79.9.